The zero-order valence-corrected chi connectivity index (χ0v) is 11.7. The standard InChI is InChI=1S/C14H19N5O2/c20-12(11-10-18-13-17-5-1-9-19(11)13)16-8-4-14(21)2-6-15-7-3-14/h1,5,9-10,15,21H,2-4,6-8H2,(H,16,20). The molecule has 0 aromatic carbocycles. The fourth-order valence-electron chi connectivity index (χ4n) is 2.64. The SMILES string of the molecule is O=C(NCCC1(O)CCNCC1)c1cnc2ncccn12. The Morgan fingerprint density at radius 3 is 3.05 bits per heavy atom. The number of piperidine rings is 1. The summed E-state index contributed by atoms with van der Waals surface area (Å²) in [6.45, 7) is 2.09. The van der Waals surface area contributed by atoms with Crippen molar-refractivity contribution in [2.24, 2.45) is 0 Å². The summed E-state index contributed by atoms with van der Waals surface area (Å²) in [5.74, 6) is 0.299. The monoisotopic (exact) mass is 289 g/mol. The van der Waals surface area contributed by atoms with Crippen LogP contribution in [0.25, 0.3) is 5.78 Å². The van der Waals surface area contributed by atoms with Crippen molar-refractivity contribution in [2.45, 2.75) is 24.9 Å². The quantitative estimate of drug-likeness (QED) is 0.735. The zero-order chi connectivity index (χ0) is 14.7. The highest BCUT2D eigenvalue weighted by molar-refractivity contribution is 5.93. The minimum atomic E-state index is -0.667. The molecular formula is C14H19N5O2. The normalized spacial score (nSPS) is 17.8. The molecule has 112 valence electrons. The first kappa shape index (κ1) is 14.0. The summed E-state index contributed by atoms with van der Waals surface area (Å²) in [6.07, 6.45) is 6.92. The van der Waals surface area contributed by atoms with E-state index in [4.69, 9.17) is 0 Å². The molecule has 0 spiro atoms. The number of nitrogens with zero attached hydrogens (tertiary/aromatic N) is 3. The largest absolute Gasteiger partial charge is 0.390 e. The number of aromatic nitrogens is 3. The Morgan fingerprint density at radius 1 is 1.43 bits per heavy atom. The number of imidazole rings is 1. The summed E-state index contributed by atoms with van der Waals surface area (Å²) in [5, 5.41) is 16.4. The first-order valence-corrected chi connectivity index (χ1v) is 7.17. The van der Waals surface area contributed by atoms with E-state index < -0.39 is 5.60 Å². The van der Waals surface area contributed by atoms with Crippen LogP contribution in [0.3, 0.4) is 0 Å². The van der Waals surface area contributed by atoms with Crippen molar-refractivity contribution in [1.29, 1.82) is 0 Å². The van der Waals surface area contributed by atoms with E-state index in [1.807, 2.05) is 0 Å². The zero-order valence-electron chi connectivity index (χ0n) is 11.7. The lowest BCUT2D eigenvalue weighted by Crippen LogP contribution is -2.44. The van der Waals surface area contributed by atoms with Crippen LogP contribution in [-0.4, -0.2) is 50.6 Å². The molecule has 7 nitrogen and oxygen atoms in total. The molecule has 7 heteroatoms. The van der Waals surface area contributed by atoms with Gasteiger partial charge in [0, 0.05) is 18.9 Å². The molecule has 0 saturated carbocycles. The molecule has 1 fully saturated rings. The molecule has 0 aliphatic carbocycles. The van der Waals surface area contributed by atoms with Gasteiger partial charge in [0.15, 0.2) is 0 Å². The predicted molar refractivity (Wildman–Crippen MR) is 77.0 cm³/mol. The van der Waals surface area contributed by atoms with Crippen LogP contribution < -0.4 is 10.6 Å². The summed E-state index contributed by atoms with van der Waals surface area (Å²) in [5.41, 5.74) is -0.213. The van der Waals surface area contributed by atoms with E-state index in [9.17, 15) is 9.90 Å². The second-order valence-electron chi connectivity index (χ2n) is 5.41. The average Bonchev–Trinajstić information content (AvgIpc) is 2.91. The van der Waals surface area contributed by atoms with E-state index in [0.29, 0.717) is 24.4 Å². The minimum Gasteiger partial charge on any atom is -0.390 e. The van der Waals surface area contributed by atoms with Gasteiger partial charge in [0.2, 0.25) is 5.78 Å². The number of hydrogen-bond acceptors (Lipinski definition) is 5. The van der Waals surface area contributed by atoms with Crippen molar-refractivity contribution in [3.63, 3.8) is 0 Å². The van der Waals surface area contributed by atoms with Crippen LogP contribution in [0.1, 0.15) is 29.8 Å². The molecule has 3 rings (SSSR count). The summed E-state index contributed by atoms with van der Waals surface area (Å²) in [6, 6.07) is 1.75. The maximum absolute atomic E-state index is 12.2. The molecule has 21 heavy (non-hydrogen) atoms. The molecule has 1 amide bonds. The van der Waals surface area contributed by atoms with E-state index in [-0.39, 0.29) is 5.91 Å². The van der Waals surface area contributed by atoms with Crippen LogP contribution in [0, 0.1) is 0 Å². The second-order valence-corrected chi connectivity index (χ2v) is 5.41. The Balaban J connectivity index is 1.59. The third-order valence-electron chi connectivity index (χ3n) is 3.93. The van der Waals surface area contributed by atoms with Gasteiger partial charge in [0.25, 0.3) is 5.91 Å². The van der Waals surface area contributed by atoms with E-state index in [0.717, 1.165) is 25.9 Å². The lowest BCUT2D eigenvalue weighted by molar-refractivity contribution is 0.00324. The molecule has 0 atom stereocenters. The van der Waals surface area contributed by atoms with Crippen LogP contribution >= 0.6 is 0 Å². The highest BCUT2D eigenvalue weighted by Gasteiger charge is 2.28. The number of carbonyl (C=O) groups excluding carboxylic acids is 1. The van der Waals surface area contributed by atoms with Crippen LogP contribution in [-0.2, 0) is 0 Å². The van der Waals surface area contributed by atoms with Crippen molar-refractivity contribution in [3.8, 4) is 0 Å². The van der Waals surface area contributed by atoms with Gasteiger partial charge in [0.1, 0.15) is 5.69 Å². The molecule has 1 aliphatic heterocycles. The first-order chi connectivity index (χ1) is 10.2. The van der Waals surface area contributed by atoms with Crippen LogP contribution in [0.4, 0.5) is 0 Å². The number of hydrogen-bond donors (Lipinski definition) is 3. The van der Waals surface area contributed by atoms with Gasteiger partial charge in [-0.3, -0.25) is 9.20 Å². The third-order valence-corrected chi connectivity index (χ3v) is 3.93. The van der Waals surface area contributed by atoms with Crippen LogP contribution in [0.2, 0.25) is 0 Å². The highest BCUT2D eigenvalue weighted by Crippen LogP contribution is 2.21. The summed E-state index contributed by atoms with van der Waals surface area (Å²) in [7, 11) is 0. The average molecular weight is 289 g/mol. The molecule has 1 saturated heterocycles. The number of amides is 1. The van der Waals surface area contributed by atoms with E-state index >= 15 is 0 Å². The van der Waals surface area contributed by atoms with Gasteiger partial charge < -0.3 is 15.7 Å². The Hall–Kier alpha value is -1.99. The van der Waals surface area contributed by atoms with Gasteiger partial charge >= 0.3 is 0 Å². The Kier molecular flexibility index (Phi) is 3.85. The van der Waals surface area contributed by atoms with Gasteiger partial charge in [-0.1, -0.05) is 0 Å². The topological polar surface area (TPSA) is 91.5 Å². The van der Waals surface area contributed by atoms with Gasteiger partial charge in [0.05, 0.1) is 11.8 Å². The number of fused-ring (bicyclic) bond motifs is 1. The van der Waals surface area contributed by atoms with Crippen molar-refractivity contribution >= 4 is 11.7 Å². The van der Waals surface area contributed by atoms with E-state index in [1.165, 1.54) is 6.20 Å². The van der Waals surface area contributed by atoms with E-state index in [2.05, 4.69) is 20.6 Å². The molecule has 2 aromatic heterocycles. The maximum Gasteiger partial charge on any atom is 0.269 e. The Bertz CT molecular complexity index is 633. The second kappa shape index (κ2) is 5.79. The maximum atomic E-state index is 12.2. The molecule has 0 bridgehead atoms. The minimum absolute atomic E-state index is 0.201. The number of nitrogens with one attached hydrogen (secondary N) is 2. The van der Waals surface area contributed by atoms with Crippen molar-refractivity contribution < 1.29 is 9.90 Å². The fourth-order valence-corrected chi connectivity index (χ4v) is 2.64. The van der Waals surface area contributed by atoms with Gasteiger partial charge in [-0.05, 0) is 38.4 Å². The van der Waals surface area contributed by atoms with Crippen LogP contribution in [0.5, 0.6) is 0 Å². The summed E-state index contributed by atoms with van der Waals surface area (Å²) in [4.78, 5) is 20.3. The van der Waals surface area contributed by atoms with Crippen LogP contribution in [0.15, 0.2) is 24.7 Å². The van der Waals surface area contributed by atoms with Crippen molar-refractivity contribution in [1.82, 2.24) is 25.0 Å². The highest BCUT2D eigenvalue weighted by atomic mass is 16.3. The molecule has 2 aromatic rings. The Morgan fingerprint density at radius 2 is 2.24 bits per heavy atom. The van der Waals surface area contributed by atoms with E-state index in [1.54, 1.807) is 22.9 Å². The number of rotatable bonds is 4. The molecule has 3 heterocycles. The van der Waals surface area contributed by atoms with Gasteiger partial charge in [-0.25, -0.2) is 9.97 Å². The van der Waals surface area contributed by atoms with Gasteiger partial charge in [-0.15, -0.1) is 0 Å². The molecule has 0 radical (unpaired) electrons. The fraction of sp³-hybridized carbons (Fsp3) is 0.500. The lowest BCUT2D eigenvalue weighted by atomic mass is 9.89. The molecule has 1 aliphatic rings. The van der Waals surface area contributed by atoms with Crippen molar-refractivity contribution in [2.75, 3.05) is 19.6 Å². The Labute approximate surface area is 122 Å². The predicted octanol–water partition coefficient (Wildman–Crippen LogP) is -0.0363. The smallest absolute Gasteiger partial charge is 0.269 e. The summed E-state index contributed by atoms with van der Waals surface area (Å²) < 4.78 is 1.65. The summed E-state index contributed by atoms with van der Waals surface area (Å²) >= 11 is 0. The van der Waals surface area contributed by atoms with Gasteiger partial charge in [-0.2, -0.15) is 0 Å². The number of aliphatic hydroxyl groups is 1. The molecule has 3 N–H and O–H groups in total. The molecular weight excluding hydrogens is 270 g/mol. The number of carbonyl (C=O) groups is 1. The lowest BCUT2D eigenvalue weighted by Gasteiger charge is -2.32. The third kappa shape index (κ3) is 3.03. The van der Waals surface area contributed by atoms with Crippen molar-refractivity contribution in [3.05, 3.63) is 30.4 Å². The molecule has 0 unspecified atom stereocenters. The first-order valence-electron chi connectivity index (χ1n) is 7.17.